The molecule has 6 N–H and O–H groups in total. The lowest BCUT2D eigenvalue weighted by Crippen LogP contribution is -2.32. The first-order chi connectivity index (χ1) is 10.1. The summed E-state index contributed by atoms with van der Waals surface area (Å²) in [6, 6.07) is 1.51. The van der Waals surface area contributed by atoms with E-state index in [2.05, 4.69) is 4.99 Å². The number of hydrogen-bond donors (Lipinski definition) is 4. The number of benzene rings is 1. The van der Waals surface area contributed by atoms with Gasteiger partial charge in [-0.15, -0.1) is 0 Å². The van der Waals surface area contributed by atoms with E-state index in [4.69, 9.17) is 16.6 Å². The van der Waals surface area contributed by atoms with Gasteiger partial charge in [0, 0.05) is 13.0 Å². The number of phenolic OH excluding ortho intramolecular Hbond substituents is 1. The van der Waals surface area contributed by atoms with Crippen molar-refractivity contribution in [2.75, 3.05) is 11.6 Å². The van der Waals surface area contributed by atoms with E-state index in [0.29, 0.717) is 0 Å². The number of nitrogens with zero attached hydrogens (tertiary/aromatic N) is 3. The summed E-state index contributed by atoms with van der Waals surface area (Å²) >= 11 is 0. The van der Waals surface area contributed by atoms with Crippen molar-refractivity contribution in [1.29, 1.82) is 0 Å². The van der Waals surface area contributed by atoms with Crippen LogP contribution in [0.4, 0.5) is 11.4 Å². The Labute approximate surface area is 123 Å². The number of aromatic carboxylic acids is 1. The zero-order chi connectivity index (χ0) is 17.0. The van der Waals surface area contributed by atoms with Gasteiger partial charge in [0.25, 0.3) is 5.69 Å². The van der Waals surface area contributed by atoms with Crippen LogP contribution in [-0.4, -0.2) is 39.6 Å². The van der Waals surface area contributed by atoms with Crippen molar-refractivity contribution in [3.8, 4) is 5.75 Å². The summed E-state index contributed by atoms with van der Waals surface area (Å²) < 4.78 is 0. The maximum Gasteiger partial charge on any atom is 0.336 e. The maximum absolute atomic E-state index is 11.6. The minimum absolute atomic E-state index is 0.365. The number of carboxylic acids is 1. The van der Waals surface area contributed by atoms with Gasteiger partial charge in [0.1, 0.15) is 12.4 Å². The molecule has 1 rings (SSSR count). The van der Waals surface area contributed by atoms with Crippen LogP contribution in [0.25, 0.3) is 0 Å². The second-order valence-electron chi connectivity index (χ2n) is 4.10. The van der Waals surface area contributed by atoms with Gasteiger partial charge in [0.05, 0.1) is 10.5 Å². The molecule has 0 saturated heterocycles. The number of aliphatic imine (C=N–C) groups is 1. The number of guanidine groups is 1. The van der Waals surface area contributed by atoms with Crippen LogP contribution in [-0.2, 0) is 4.79 Å². The largest absolute Gasteiger partial charge is 0.505 e. The molecule has 0 spiro atoms. The number of carbonyl (C=O) groups excluding carboxylic acids is 1. The SMILES string of the molecule is CC(=O)N(CN=C(N)N)c1c(O)cc(C(=O)O)cc1[N+](=O)[O-]. The number of nitro benzene ring substituents is 1. The molecule has 0 atom stereocenters. The second kappa shape index (κ2) is 6.39. The molecule has 1 aromatic rings. The molecular weight excluding hydrogens is 298 g/mol. The monoisotopic (exact) mass is 311 g/mol. The lowest BCUT2D eigenvalue weighted by atomic mass is 10.1. The van der Waals surface area contributed by atoms with E-state index in [1.807, 2.05) is 0 Å². The predicted octanol–water partition coefficient (Wildman–Crippen LogP) is -0.418. The third-order valence-electron chi connectivity index (χ3n) is 2.56. The van der Waals surface area contributed by atoms with E-state index in [1.54, 1.807) is 0 Å². The van der Waals surface area contributed by atoms with Crippen LogP contribution < -0.4 is 16.4 Å². The summed E-state index contributed by atoms with van der Waals surface area (Å²) in [5.74, 6) is -3.28. The van der Waals surface area contributed by atoms with Gasteiger partial charge < -0.3 is 21.7 Å². The minimum Gasteiger partial charge on any atom is -0.505 e. The van der Waals surface area contributed by atoms with E-state index in [-0.39, 0.29) is 5.96 Å². The van der Waals surface area contributed by atoms with E-state index in [0.717, 1.165) is 24.0 Å². The van der Waals surface area contributed by atoms with Crippen molar-refractivity contribution in [3.63, 3.8) is 0 Å². The van der Waals surface area contributed by atoms with Crippen LogP contribution in [0, 0.1) is 10.1 Å². The van der Waals surface area contributed by atoms with Gasteiger partial charge in [-0.25, -0.2) is 9.79 Å². The van der Waals surface area contributed by atoms with E-state index in [1.165, 1.54) is 0 Å². The first-order valence-corrected chi connectivity index (χ1v) is 5.73. The van der Waals surface area contributed by atoms with Crippen LogP contribution in [0.5, 0.6) is 5.75 Å². The molecule has 22 heavy (non-hydrogen) atoms. The average Bonchev–Trinajstić information content (AvgIpc) is 2.38. The number of hydrogen-bond acceptors (Lipinski definition) is 6. The summed E-state index contributed by atoms with van der Waals surface area (Å²) in [5, 5.41) is 29.8. The molecule has 0 aliphatic rings. The molecule has 0 aliphatic heterocycles. The zero-order valence-corrected chi connectivity index (χ0v) is 11.4. The summed E-state index contributed by atoms with van der Waals surface area (Å²) in [4.78, 5) is 37.0. The fourth-order valence-corrected chi connectivity index (χ4v) is 1.62. The standard InChI is InChI=1S/C11H13N5O6/c1-5(17)15(4-14-11(12)13)9-7(16(21)22)2-6(10(19)20)3-8(9)18/h2-3,18H,4H2,1H3,(H,19,20)(H4,12,13,14). The third-order valence-corrected chi connectivity index (χ3v) is 2.56. The van der Waals surface area contributed by atoms with Crippen LogP contribution in [0.15, 0.2) is 17.1 Å². The van der Waals surface area contributed by atoms with Crippen LogP contribution >= 0.6 is 0 Å². The molecule has 11 nitrogen and oxygen atoms in total. The van der Waals surface area contributed by atoms with E-state index >= 15 is 0 Å². The Bertz CT molecular complexity index is 667. The molecule has 0 heterocycles. The van der Waals surface area contributed by atoms with Crippen molar-refractivity contribution in [2.45, 2.75) is 6.92 Å². The lowest BCUT2D eigenvalue weighted by molar-refractivity contribution is -0.384. The number of rotatable bonds is 5. The van der Waals surface area contributed by atoms with Crippen LogP contribution in [0.1, 0.15) is 17.3 Å². The van der Waals surface area contributed by atoms with Gasteiger partial charge in [-0.1, -0.05) is 0 Å². The topological polar surface area (TPSA) is 185 Å². The Morgan fingerprint density at radius 3 is 2.41 bits per heavy atom. The summed E-state index contributed by atoms with van der Waals surface area (Å²) in [5.41, 5.74) is 8.51. The van der Waals surface area contributed by atoms with Gasteiger partial charge in [0.15, 0.2) is 11.6 Å². The fourth-order valence-electron chi connectivity index (χ4n) is 1.62. The molecule has 1 amide bonds. The molecule has 0 aromatic heterocycles. The van der Waals surface area contributed by atoms with Crippen LogP contribution in [0.3, 0.4) is 0 Å². The highest BCUT2D eigenvalue weighted by Gasteiger charge is 2.28. The molecule has 0 bridgehead atoms. The summed E-state index contributed by atoms with van der Waals surface area (Å²) in [6.45, 7) is 0.606. The first kappa shape index (κ1) is 16.7. The quantitative estimate of drug-likeness (QED) is 0.244. The predicted molar refractivity (Wildman–Crippen MR) is 75.6 cm³/mol. The highest BCUT2D eigenvalue weighted by Crippen LogP contribution is 2.38. The molecule has 0 radical (unpaired) electrons. The average molecular weight is 311 g/mol. The number of carboxylic acid groups (broad SMARTS) is 1. The Balaban J connectivity index is 3.54. The van der Waals surface area contributed by atoms with E-state index < -0.39 is 46.2 Å². The number of anilines is 1. The van der Waals surface area contributed by atoms with E-state index in [9.17, 15) is 24.8 Å². The van der Waals surface area contributed by atoms with Crippen molar-refractivity contribution in [2.24, 2.45) is 16.5 Å². The number of nitro groups is 1. The molecule has 11 heteroatoms. The Hall–Kier alpha value is -3.37. The van der Waals surface area contributed by atoms with Crippen molar-refractivity contribution < 1.29 is 24.7 Å². The molecule has 1 aromatic carbocycles. The third kappa shape index (κ3) is 3.59. The Morgan fingerprint density at radius 1 is 1.41 bits per heavy atom. The molecule has 0 saturated carbocycles. The number of phenols is 1. The number of amides is 1. The summed E-state index contributed by atoms with van der Waals surface area (Å²) in [6.07, 6.45) is 0. The maximum atomic E-state index is 11.6. The van der Waals surface area contributed by atoms with Gasteiger partial charge in [-0.2, -0.15) is 0 Å². The van der Waals surface area contributed by atoms with Crippen molar-refractivity contribution in [3.05, 3.63) is 27.8 Å². The van der Waals surface area contributed by atoms with Gasteiger partial charge in [-0.05, 0) is 6.07 Å². The first-order valence-electron chi connectivity index (χ1n) is 5.73. The smallest absolute Gasteiger partial charge is 0.336 e. The van der Waals surface area contributed by atoms with Crippen LogP contribution in [0.2, 0.25) is 0 Å². The Morgan fingerprint density at radius 2 is 2.00 bits per heavy atom. The molecule has 0 unspecified atom stereocenters. The fraction of sp³-hybridized carbons (Fsp3) is 0.182. The van der Waals surface area contributed by atoms with Gasteiger partial charge in [-0.3, -0.25) is 19.8 Å². The number of aromatic hydroxyl groups is 1. The van der Waals surface area contributed by atoms with Gasteiger partial charge >= 0.3 is 5.97 Å². The number of carbonyl (C=O) groups is 2. The molecular formula is C11H13N5O6. The minimum atomic E-state index is -1.47. The van der Waals surface area contributed by atoms with Crippen molar-refractivity contribution >= 4 is 29.2 Å². The normalized spacial score (nSPS) is 9.86. The molecule has 118 valence electrons. The van der Waals surface area contributed by atoms with Crippen molar-refractivity contribution in [1.82, 2.24) is 0 Å². The molecule has 0 fully saturated rings. The summed E-state index contributed by atoms with van der Waals surface area (Å²) in [7, 11) is 0. The lowest BCUT2D eigenvalue weighted by Gasteiger charge is -2.20. The highest BCUT2D eigenvalue weighted by atomic mass is 16.6. The molecule has 0 aliphatic carbocycles. The number of nitrogens with two attached hydrogens (primary N) is 2. The highest BCUT2D eigenvalue weighted by molar-refractivity contribution is 5.98. The Kier molecular flexibility index (Phi) is 4.84. The zero-order valence-electron chi connectivity index (χ0n) is 11.4. The second-order valence-corrected chi connectivity index (χ2v) is 4.10. The van der Waals surface area contributed by atoms with Gasteiger partial charge in [0.2, 0.25) is 5.91 Å².